The van der Waals surface area contributed by atoms with Crippen molar-refractivity contribution in [2.24, 2.45) is 11.7 Å². The quantitative estimate of drug-likeness (QED) is 0.540. The fourth-order valence-electron chi connectivity index (χ4n) is 1.20. The van der Waals surface area contributed by atoms with Crippen LogP contribution in [0.25, 0.3) is 0 Å². The van der Waals surface area contributed by atoms with E-state index in [1.807, 2.05) is 13.8 Å². The normalized spacial score (nSPS) is 13.1. The minimum Gasteiger partial charge on any atom is -0.504 e. The molecule has 14 heavy (non-hydrogen) atoms. The Morgan fingerprint density at radius 3 is 1.86 bits per heavy atom. The molecule has 0 bridgehead atoms. The van der Waals surface area contributed by atoms with E-state index in [1.165, 1.54) is 12.1 Å². The average molecular weight is 197 g/mol. The molecule has 0 aliphatic carbocycles. The van der Waals surface area contributed by atoms with Crippen molar-refractivity contribution < 1.29 is 15.3 Å². The Morgan fingerprint density at radius 2 is 1.50 bits per heavy atom. The van der Waals surface area contributed by atoms with Crippen molar-refractivity contribution >= 4 is 0 Å². The predicted molar refractivity (Wildman–Crippen MR) is 53.2 cm³/mol. The number of benzene rings is 1. The zero-order valence-corrected chi connectivity index (χ0v) is 8.23. The van der Waals surface area contributed by atoms with Crippen LogP contribution in [-0.2, 0) is 0 Å². The molecule has 0 saturated heterocycles. The van der Waals surface area contributed by atoms with E-state index in [9.17, 15) is 10.2 Å². The molecule has 0 aromatic heterocycles. The third-order valence-electron chi connectivity index (χ3n) is 2.20. The largest absolute Gasteiger partial charge is 0.504 e. The van der Waals surface area contributed by atoms with E-state index in [1.54, 1.807) is 0 Å². The molecule has 1 rings (SSSR count). The molecule has 0 heterocycles. The van der Waals surface area contributed by atoms with E-state index in [4.69, 9.17) is 10.8 Å². The lowest BCUT2D eigenvalue weighted by molar-refractivity contribution is 0.365. The summed E-state index contributed by atoms with van der Waals surface area (Å²) in [6, 6.07) is 2.45. The smallest absolute Gasteiger partial charge is 0.200 e. The van der Waals surface area contributed by atoms with Gasteiger partial charge in [0.1, 0.15) is 0 Å². The molecule has 5 N–H and O–H groups in total. The molecule has 1 aromatic carbocycles. The third kappa shape index (κ3) is 1.90. The standard InChI is InChI=1S/C10H15NO3/c1-5(2)9(11)6-3-7(12)10(14)8(13)4-6/h3-5,9,12-14H,11H2,1-2H3/t9-/m1/s1. The summed E-state index contributed by atoms with van der Waals surface area (Å²) in [6.45, 7) is 3.87. The van der Waals surface area contributed by atoms with Crippen LogP contribution in [-0.4, -0.2) is 15.3 Å². The maximum Gasteiger partial charge on any atom is 0.200 e. The van der Waals surface area contributed by atoms with Crippen molar-refractivity contribution in [1.82, 2.24) is 0 Å². The Bertz CT molecular complexity index is 313. The summed E-state index contributed by atoms with van der Waals surface area (Å²) in [7, 11) is 0. The van der Waals surface area contributed by atoms with Gasteiger partial charge in [0, 0.05) is 6.04 Å². The number of nitrogens with two attached hydrogens (primary N) is 1. The van der Waals surface area contributed by atoms with Gasteiger partial charge in [-0.1, -0.05) is 13.8 Å². The van der Waals surface area contributed by atoms with Gasteiger partial charge in [-0.05, 0) is 23.6 Å². The first-order chi connectivity index (χ1) is 6.43. The van der Waals surface area contributed by atoms with Crippen molar-refractivity contribution in [2.45, 2.75) is 19.9 Å². The number of phenolic OH excluding ortho intramolecular Hbond substituents is 3. The molecule has 1 atom stereocenters. The Morgan fingerprint density at radius 1 is 1.07 bits per heavy atom. The molecule has 4 nitrogen and oxygen atoms in total. The number of rotatable bonds is 2. The van der Waals surface area contributed by atoms with Crippen LogP contribution in [0, 0.1) is 5.92 Å². The van der Waals surface area contributed by atoms with Gasteiger partial charge in [-0.2, -0.15) is 0 Å². The lowest BCUT2D eigenvalue weighted by atomic mass is 9.96. The lowest BCUT2D eigenvalue weighted by Crippen LogP contribution is -2.16. The van der Waals surface area contributed by atoms with E-state index < -0.39 is 5.75 Å². The van der Waals surface area contributed by atoms with Crippen LogP contribution in [0.15, 0.2) is 12.1 Å². The van der Waals surface area contributed by atoms with Gasteiger partial charge in [-0.15, -0.1) is 0 Å². The molecule has 1 aromatic rings. The van der Waals surface area contributed by atoms with Crippen LogP contribution in [0.4, 0.5) is 0 Å². The predicted octanol–water partition coefficient (Wildman–Crippen LogP) is 1.46. The van der Waals surface area contributed by atoms with Crippen LogP contribution >= 0.6 is 0 Å². The van der Waals surface area contributed by atoms with E-state index in [-0.39, 0.29) is 23.5 Å². The van der Waals surface area contributed by atoms with Crippen molar-refractivity contribution in [3.05, 3.63) is 17.7 Å². The Kier molecular flexibility index (Phi) is 2.86. The second kappa shape index (κ2) is 3.75. The van der Waals surface area contributed by atoms with Crippen molar-refractivity contribution in [3.8, 4) is 17.2 Å². The van der Waals surface area contributed by atoms with Crippen LogP contribution in [0.5, 0.6) is 17.2 Å². The van der Waals surface area contributed by atoms with E-state index in [0.717, 1.165) is 0 Å². The Labute approximate surface area is 82.6 Å². The number of aromatic hydroxyl groups is 3. The summed E-state index contributed by atoms with van der Waals surface area (Å²) >= 11 is 0. The van der Waals surface area contributed by atoms with Gasteiger partial charge >= 0.3 is 0 Å². The molecule has 0 saturated carbocycles. The fraction of sp³-hybridized carbons (Fsp3) is 0.400. The topological polar surface area (TPSA) is 86.7 Å². The highest BCUT2D eigenvalue weighted by Crippen LogP contribution is 2.37. The van der Waals surface area contributed by atoms with Gasteiger partial charge in [0.2, 0.25) is 0 Å². The average Bonchev–Trinajstić information content (AvgIpc) is 2.12. The minimum absolute atomic E-state index is 0.193. The molecule has 0 spiro atoms. The van der Waals surface area contributed by atoms with E-state index >= 15 is 0 Å². The summed E-state index contributed by atoms with van der Waals surface area (Å²) in [5.74, 6) is -1.02. The molecular weight excluding hydrogens is 182 g/mol. The van der Waals surface area contributed by atoms with Gasteiger partial charge in [0.15, 0.2) is 17.2 Å². The summed E-state index contributed by atoms with van der Waals surface area (Å²) in [4.78, 5) is 0. The first-order valence-electron chi connectivity index (χ1n) is 4.44. The first kappa shape index (κ1) is 10.7. The van der Waals surface area contributed by atoms with Crippen LogP contribution in [0.3, 0.4) is 0 Å². The lowest BCUT2D eigenvalue weighted by Gasteiger charge is -2.16. The molecule has 0 aliphatic heterocycles. The van der Waals surface area contributed by atoms with Gasteiger partial charge in [0.05, 0.1) is 0 Å². The zero-order chi connectivity index (χ0) is 10.9. The SMILES string of the molecule is CC(C)[C@@H](N)c1cc(O)c(O)c(O)c1. The zero-order valence-electron chi connectivity index (χ0n) is 8.23. The number of hydrogen-bond donors (Lipinski definition) is 4. The molecule has 78 valence electrons. The number of hydrogen-bond acceptors (Lipinski definition) is 4. The van der Waals surface area contributed by atoms with Crippen LogP contribution in [0.2, 0.25) is 0 Å². The molecule has 4 heteroatoms. The highest BCUT2D eigenvalue weighted by molar-refractivity contribution is 5.51. The van der Waals surface area contributed by atoms with Crippen LogP contribution in [0.1, 0.15) is 25.5 Å². The van der Waals surface area contributed by atoms with Crippen molar-refractivity contribution in [1.29, 1.82) is 0 Å². The number of phenols is 3. The molecule has 0 radical (unpaired) electrons. The van der Waals surface area contributed by atoms with E-state index in [0.29, 0.717) is 5.56 Å². The molecule has 0 amide bonds. The van der Waals surface area contributed by atoms with Crippen molar-refractivity contribution in [2.75, 3.05) is 0 Å². The minimum atomic E-state index is -0.510. The molecule has 0 fully saturated rings. The van der Waals surface area contributed by atoms with Crippen molar-refractivity contribution in [3.63, 3.8) is 0 Å². The summed E-state index contributed by atoms with van der Waals surface area (Å²) in [5, 5.41) is 27.6. The Hall–Kier alpha value is -1.42. The highest BCUT2D eigenvalue weighted by atomic mass is 16.3. The summed E-state index contributed by atoms with van der Waals surface area (Å²) in [6.07, 6.45) is 0. The second-order valence-corrected chi connectivity index (χ2v) is 3.68. The highest BCUT2D eigenvalue weighted by Gasteiger charge is 2.15. The van der Waals surface area contributed by atoms with Gasteiger partial charge in [-0.25, -0.2) is 0 Å². The summed E-state index contributed by atoms with van der Waals surface area (Å²) in [5.41, 5.74) is 6.43. The van der Waals surface area contributed by atoms with Crippen LogP contribution < -0.4 is 5.73 Å². The maximum absolute atomic E-state index is 9.25. The maximum atomic E-state index is 9.25. The van der Waals surface area contributed by atoms with Gasteiger partial charge in [-0.3, -0.25) is 0 Å². The van der Waals surface area contributed by atoms with Gasteiger partial charge < -0.3 is 21.1 Å². The van der Waals surface area contributed by atoms with E-state index in [2.05, 4.69) is 0 Å². The monoisotopic (exact) mass is 197 g/mol. The second-order valence-electron chi connectivity index (χ2n) is 3.68. The third-order valence-corrected chi connectivity index (χ3v) is 2.20. The van der Waals surface area contributed by atoms with Gasteiger partial charge in [0.25, 0.3) is 0 Å². The molecule has 0 unspecified atom stereocenters. The fourth-order valence-corrected chi connectivity index (χ4v) is 1.20. The first-order valence-corrected chi connectivity index (χ1v) is 4.44. The molecular formula is C10H15NO3. The Balaban J connectivity index is 3.12. The summed E-state index contributed by atoms with van der Waals surface area (Å²) < 4.78 is 0. The molecule has 0 aliphatic rings.